The van der Waals surface area contributed by atoms with Gasteiger partial charge in [-0.25, -0.2) is 4.98 Å². The molecule has 0 amide bonds. The molecule has 0 aliphatic heterocycles. The van der Waals surface area contributed by atoms with Crippen molar-refractivity contribution < 1.29 is 9.84 Å². The summed E-state index contributed by atoms with van der Waals surface area (Å²) in [4.78, 5) is 4.32. The summed E-state index contributed by atoms with van der Waals surface area (Å²) in [5.74, 6) is 7.96. The van der Waals surface area contributed by atoms with Crippen LogP contribution in [0.3, 0.4) is 0 Å². The second kappa shape index (κ2) is 7.29. The summed E-state index contributed by atoms with van der Waals surface area (Å²) in [7, 11) is 1.64. The van der Waals surface area contributed by atoms with Gasteiger partial charge in [0.2, 0.25) is 0 Å². The number of aromatic nitrogens is 2. The van der Waals surface area contributed by atoms with Crippen LogP contribution in [0.5, 0.6) is 5.75 Å². The van der Waals surface area contributed by atoms with Gasteiger partial charge in [0.05, 0.1) is 7.11 Å². The molecular weight excluding hydrogens is 292 g/mol. The molecule has 1 N–H and O–H groups in total. The van der Waals surface area contributed by atoms with E-state index in [2.05, 4.69) is 21.2 Å². The number of rotatable bonds is 4. The molecule has 0 atom stereocenters. The van der Waals surface area contributed by atoms with Gasteiger partial charge in [-0.15, -0.1) is 0 Å². The lowest BCUT2D eigenvalue weighted by molar-refractivity contribution is 0.350. The summed E-state index contributed by atoms with van der Waals surface area (Å²) < 4.78 is 10.3. The van der Waals surface area contributed by atoms with E-state index in [1.165, 1.54) is 11.5 Å². The predicted octanol–water partition coefficient (Wildman–Crippen LogP) is 2.49. The molecule has 0 saturated carbocycles. The van der Waals surface area contributed by atoms with Crippen molar-refractivity contribution in [3.05, 3.63) is 35.2 Å². The standard InChI is InChI=1S/C14H14N2O2S2/c1-10-15-14(20-16-10)19-9-12-8-13(18-2)6-5-11(12)4-3-7-17/h5-6,8,17H,7,9H2,1-2H3. The molecular formula is C14H14N2O2S2. The van der Waals surface area contributed by atoms with Crippen molar-refractivity contribution in [2.45, 2.75) is 17.0 Å². The van der Waals surface area contributed by atoms with Crippen LogP contribution >= 0.6 is 23.3 Å². The van der Waals surface area contributed by atoms with Crippen molar-refractivity contribution in [3.63, 3.8) is 0 Å². The van der Waals surface area contributed by atoms with Crippen LogP contribution in [0.25, 0.3) is 0 Å². The monoisotopic (exact) mass is 306 g/mol. The molecule has 20 heavy (non-hydrogen) atoms. The van der Waals surface area contributed by atoms with E-state index in [-0.39, 0.29) is 6.61 Å². The zero-order valence-electron chi connectivity index (χ0n) is 11.2. The van der Waals surface area contributed by atoms with E-state index in [4.69, 9.17) is 9.84 Å². The minimum Gasteiger partial charge on any atom is -0.497 e. The summed E-state index contributed by atoms with van der Waals surface area (Å²) in [5, 5.41) is 8.81. The molecule has 2 aromatic rings. The Balaban J connectivity index is 2.18. The first-order chi connectivity index (χ1) is 9.72. The van der Waals surface area contributed by atoms with Crippen LogP contribution in [0.15, 0.2) is 22.5 Å². The second-order valence-electron chi connectivity index (χ2n) is 3.88. The molecule has 0 radical (unpaired) electrons. The number of thioether (sulfide) groups is 1. The number of hydrogen-bond donors (Lipinski definition) is 1. The maximum Gasteiger partial charge on any atom is 0.170 e. The molecule has 1 aromatic carbocycles. The van der Waals surface area contributed by atoms with E-state index in [1.807, 2.05) is 25.1 Å². The van der Waals surface area contributed by atoms with Crippen LogP contribution < -0.4 is 4.74 Å². The molecule has 0 saturated heterocycles. The van der Waals surface area contributed by atoms with Crippen molar-refractivity contribution in [2.24, 2.45) is 0 Å². The fourth-order valence-corrected chi connectivity index (χ4v) is 3.19. The molecule has 0 fully saturated rings. The van der Waals surface area contributed by atoms with Gasteiger partial charge in [-0.2, -0.15) is 4.37 Å². The van der Waals surface area contributed by atoms with Crippen molar-refractivity contribution in [3.8, 4) is 17.6 Å². The molecule has 1 heterocycles. The lowest BCUT2D eigenvalue weighted by Crippen LogP contribution is -1.91. The molecule has 1 aromatic heterocycles. The van der Waals surface area contributed by atoms with Gasteiger partial charge in [-0.05, 0) is 42.2 Å². The quantitative estimate of drug-likeness (QED) is 0.695. The predicted molar refractivity (Wildman–Crippen MR) is 81.2 cm³/mol. The Morgan fingerprint density at radius 2 is 2.30 bits per heavy atom. The lowest BCUT2D eigenvalue weighted by atomic mass is 10.1. The number of aliphatic hydroxyl groups is 1. The van der Waals surface area contributed by atoms with Crippen LogP contribution in [0.2, 0.25) is 0 Å². The minimum absolute atomic E-state index is 0.145. The first-order valence-electron chi connectivity index (χ1n) is 5.92. The van der Waals surface area contributed by atoms with Gasteiger partial charge in [-0.1, -0.05) is 23.6 Å². The van der Waals surface area contributed by atoms with Crippen LogP contribution in [0.1, 0.15) is 17.0 Å². The Morgan fingerprint density at radius 3 is 2.95 bits per heavy atom. The Hall–Kier alpha value is -1.55. The number of nitrogens with zero attached hydrogens (tertiary/aromatic N) is 2. The Labute approximate surface area is 126 Å². The van der Waals surface area contributed by atoms with Crippen molar-refractivity contribution in [2.75, 3.05) is 13.7 Å². The summed E-state index contributed by atoms with van der Waals surface area (Å²) >= 11 is 3.02. The highest BCUT2D eigenvalue weighted by molar-refractivity contribution is 8.00. The Morgan fingerprint density at radius 1 is 1.45 bits per heavy atom. The smallest absolute Gasteiger partial charge is 0.170 e. The van der Waals surface area contributed by atoms with Gasteiger partial charge in [0, 0.05) is 11.3 Å². The van der Waals surface area contributed by atoms with Crippen molar-refractivity contribution in [1.82, 2.24) is 9.36 Å². The second-order valence-corrected chi connectivity index (χ2v) is 5.85. The highest BCUT2D eigenvalue weighted by Gasteiger charge is 2.06. The Kier molecular flexibility index (Phi) is 5.41. The van der Waals surface area contributed by atoms with E-state index < -0.39 is 0 Å². The molecule has 0 spiro atoms. The van der Waals surface area contributed by atoms with Gasteiger partial charge in [-0.3, -0.25) is 0 Å². The number of aliphatic hydroxyl groups excluding tert-OH is 1. The minimum atomic E-state index is -0.145. The molecule has 0 aliphatic rings. The van der Waals surface area contributed by atoms with E-state index in [0.717, 1.165) is 32.8 Å². The van der Waals surface area contributed by atoms with Crippen molar-refractivity contribution >= 4 is 23.3 Å². The molecule has 6 heteroatoms. The fourth-order valence-electron chi connectivity index (χ4n) is 1.55. The van der Waals surface area contributed by atoms with E-state index >= 15 is 0 Å². The average molecular weight is 306 g/mol. The molecule has 2 rings (SSSR count). The molecule has 0 aliphatic carbocycles. The van der Waals surface area contributed by atoms with E-state index in [9.17, 15) is 0 Å². The zero-order chi connectivity index (χ0) is 14.4. The maximum atomic E-state index is 8.81. The largest absolute Gasteiger partial charge is 0.497 e. The normalized spacial score (nSPS) is 9.95. The number of methoxy groups -OCH3 is 1. The molecule has 0 unspecified atom stereocenters. The molecule has 104 valence electrons. The van der Waals surface area contributed by atoms with Crippen molar-refractivity contribution in [1.29, 1.82) is 0 Å². The third-order valence-corrected chi connectivity index (χ3v) is 4.45. The third-order valence-electron chi connectivity index (χ3n) is 2.47. The number of aryl methyl sites for hydroxylation is 1. The summed E-state index contributed by atoms with van der Waals surface area (Å²) in [6.45, 7) is 1.73. The van der Waals surface area contributed by atoms with Gasteiger partial charge in [0.1, 0.15) is 18.2 Å². The highest BCUT2D eigenvalue weighted by atomic mass is 32.2. The number of hydrogen-bond acceptors (Lipinski definition) is 6. The van der Waals surface area contributed by atoms with Gasteiger partial charge in [0.25, 0.3) is 0 Å². The highest BCUT2D eigenvalue weighted by Crippen LogP contribution is 2.27. The molecule has 0 bridgehead atoms. The van der Waals surface area contributed by atoms with Crippen LogP contribution in [-0.4, -0.2) is 28.2 Å². The van der Waals surface area contributed by atoms with Crippen LogP contribution in [-0.2, 0) is 5.75 Å². The lowest BCUT2D eigenvalue weighted by Gasteiger charge is -2.06. The topological polar surface area (TPSA) is 55.2 Å². The van der Waals surface area contributed by atoms with Crippen LogP contribution in [0.4, 0.5) is 0 Å². The van der Waals surface area contributed by atoms with Gasteiger partial charge in [0.15, 0.2) is 4.34 Å². The van der Waals surface area contributed by atoms with Gasteiger partial charge < -0.3 is 9.84 Å². The number of benzene rings is 1. The molecule has 4 nitrogen and oxygen atoms in total. The average Bonchev–Trinajstić information content (AvgIpc) is 2.89. The first kappa shape index (κ1) is 14.9. The fraction of sp³-hybridized carbons (Fsp3) is 0.286. The Bertz CT molecular complexity index is 644. The maximum absolute atomic E-state index is 8.81. The first-order valence-corrected chi connectivity index (χ1v) is 7.68. The zero-order valence-corrected chi connectivity index (χ0v) is 12.8. The summed E-state index contributed by atoms with van der Waals surface area (Å²) in [5.41, 5.74) is 1.96. The van der Waals surface area contributed by atoms with Gasteiger partial charge >= 0.3 is 0 Å². The van der Waals surface area contributed by atoms with E-state index in [0.29, 0.717) is 0 Å². The third kappa shape index (κ3) is 3.97. The van der Waals surface area contributed by atoms with Crippen LogP contribution in [0, 0.1) is 18.8 Å². The van der Waals surface area contributed by atoms with E-state index in [1.54, 1.807) is 18.9 Å². The SMILES string of the molecule is COc1ccc(C#CCO)c(CSc2nc(C)ns2)c1. The summed E-state index contributed by atoms with van der Waals surface area (Å²) in [6, 6.07) is 5.73. The number of ether oxygens (including phenoxy) is 1. The summed E-state index contributed by atoms with van der Waals surface area (Å²) in [6.07, 6.45) is 0.